The first kappa shape index (κ1) is 14.8. The van der Waals surface area contributed by atoms with E-state index in [0.717, 1.165) is 0 Å². The number of amides is 1. The van der Waals surface area contributed by atoms with Crippen molar-refractivity contribution in [1.29, 1.82) is 0 Å². The van der Waals surface area contributed by atoms with Crippen LogP contribution in [0.5, 0.6) is 0 Å². The number of hydrogen-bond donors (Lipinski definition) is 1. The van der Waals surface area contributed by atoms with E-state index in [1.165, 1.54) is 29.3 Å². The van der Waals surface area contributed by atoms with E-state index in [4.69, 9.17) is 0 Å². The normalized spacial score (nSPS) is 10.5. The number of nitrogens with one attached hydrogen (secondary N) is 1. The van der Waals surface area contributed by atoms with Crippen molar-refractivity contribution in [1.82, 2.24) is 30.3 Å². The molecule has 3 rings (SSSR count). The molecule has 0 atom stereocenters. The van der Waals surface area contributed by atoms with Gasteiger partial charge in [0.15, 0.2) is 0 Å². The maximum absolute atomic E-state index is 13.6. The predicted molar refractivity (Wildman–Crippen MR) is 78.7 cm³/mol. The van der Waals surface area contributed by atoms with Gasteiger partial charge in [0.2, 0.25) is 0 Å². The third-order valence-electron chi connectivity index (χ3n) is 3.10. The number of hydrogen-bond acceptors (Lipinski definition) is 5. The predicted octanol–water partition coefficient (Wildman–Crippen LogP) is 1.19. The zero-order chi connectivity index (χ0) is 16.1. The first-order valence-electron chi connectivity index (χ1n) is 6.89. The highest BCUT2D eigenvalue weighted by molar-refractivity contribution is 5.91. The van der Waals surface area contributed by atoms with Gasteiger partial charge in [-0.1, -0.05) is 23.4 Å². The fourth-order valence-corrected chi connectivity index (χ4v) is 1.98. The van der Waals surface area contributed by atoms with Gasteiger partial charge in [0.1, 0.15) is 17.2 Å². The molecule has 0 unspecified atom stereocenters. The van der Waals surface area contributed by atoms with Crippen LogP contribution in [0.2, 0.25) is 0 Å². The minimum atomic E-state index is -0.346. The number of rotatable bonds is 5. The van der Waals surface area contributed by atoms with E-state index in [1.807, 2.05) is 0 Å². The van der Waals surface area contributed by atoms with Crippen LogP contribution >= 0.6 is 0 Å². The van der Waals surface area contributed by atoms with Gasteiger partial charge in [-0.25, -0.2) is 14.1 Å². The molecule has 8 heteroatoms. The van der Waals surface area contributed by atoms with Crippen LogP contribution < -0.4 is 5.32 Å². The maximum Gasteiger partial charge on any atom is 0.271 e. The van der Waals surface area contributed by atoms with Crippen molar-refractivity contribution < 1.29 is 9.18 Å². The molecule has 0 spiro atoms. The third kappa shape index (κ3) is 3.73. The highest BCUT2D eigenvalue weighted by atomic mass is 19.1. The molecular weight excluding hydrogens is 299 g/mol. The molecule has 2 aromatic heterocycles. The van der Waals surface area contributed by atoms with Gasteiger partial charge in [-0.15, -0.1) is 5.10 Å². The molecule has 0 fully saturated rings. The van der Waals surface area contributed by atoms with Gasteiger partial charge < -0.3 is 5.32 Å². The van der Waals surface area contributed by atoms with Gasteiger partial charge in [-0.2, -0.15) is 0 Å². The molecule has 0 aliphatic heterocycles. The molecule has 1 aromatic carbocycles. The Kier molecular flexibility index (Phi) is 4.32. The number of benzene rings is 1. The number of carbonyl (C=O) groups is 1. The largest absolute Gasteiger partial charge is 0.345 e. The van der Waals surface area contributed by atoms with Crippen LogP contribution in [-0.4, -0.2) is 30.9 Å². The molecule has 3 aromatic rings. The molecule has 1 amide bonds. The standard InChI is InChI=1S/C15H13FN6O/c16-13-4-2-1-3-11(13)9-22-10-12(20-21-22)7-19-15(23)14-8-17-5-6-18-14/h1-6,8,10H,7,9H2,(H,19,23). The van der Waals surface area contributed by atoms with Crippen molar-refractivity contribution in [2.75, 3.05) is 0 Å². The first-order valence-corrected chi connectivity index (χ1v) is 6.89. The van der Waals surface area contributed by atoms with Crippen LogP contribution in [0.3, 0.4) is 0 Å². The lowest BCUT2D eigenvalue weighted by Crippen LogP contribution is -2.24. The fourth-order valence-electron chi connectivity index (χ4n) is 1.98. The number of halogens is 1. The second-order valence-corrected chi connectivity index (χ2v) is 4.77. The van der Waals surface area contributed by atoms with Crippen LogP contribution in [0.1, 0.15) is 21.7 Å². The highest BCUT2D eigenvalue weighted by Crippen LogP contribution is 2.08. The Hall–Kier alpha value is -3.16. The summed E-state index contributed by atoms with van der Waals surface area (Å²) in [5.41, 5.74) is 1.32. The zero-order valence-corrected chi connectivity index (χ0v) is 12.1. The Bertz CT molecular complexity index is 804. The number of nitrogens with zero attached hydrogens (tertiary/aromatic N) is 5. The molecule has 7 nitrogen and oxygen atoms in total. The van der Waals surface area contributed by atoms with Crippen molar-refractivity contribution in [2.24, 2.45) is 0 Å². The first-order chi connectivity index (χ1) is 11.2. The lowest BCUT2D eigenvalue weighted by molar-refractivity contribution is 0.0945. The summed E-state index contributed by atoms with van der Waals surface area (Å²) in [6, 6.07) is 6.48. The Balaban J connectivity index is 1.60. The van der Waals surface area contributed by atoms with Gasteiger partial charge in [0, 0.05) is 18.0 Å². The molecule has 1 N–H and O–H groups in total. The van der Waals surface area contributed by atoms with E-state index in [1.54, 1.807) is 24.4 Å². The molecule has 2 heterocycles. The van der Waals surface area contributed by atoms with Crippen LogP contribution in [0.15, 0.2) is 49.1 Å². The van der Waals surface area contributed by atoms with Crippen LogP contribution in [0, 0.1) is 5.82 Å². The van der Waals surface area contributed by atoms with E-state index in [9.17, 15) is 9.18 Å². The molecule has 0 radical (unpaired) electrons. The van der Waals surface area contributed by atoms with Crippen molar-refractivity contribution in [3.63, 3.8) is 0 Å². The third-order valence-corrected chi connectivity index (χ3v) is 3.10. The summed E-state index contributed by atoms with van der Waals surface area (Å²) in [6.07, 6.45) is 5.97. The Morgan fingerprint density at radius 2 is 2.13 bits per heavy atom. The minimum Gasteiger partial charge on any atom is -0.345 e. The molecule has 0 saturated heterocycles. The molecule has 0 aliphatic rings. The van der Waals surface area contributed by atoms with Gasteiger partial charge in [-0.3, -0.25) is 9.78 Å². The van der Waals surface area contributed by atoms with E-state index in [-0.39, 0.29) is 30.5 Å². The van der Waals surface area contributed by atoms with Gasteiger partial charge in [0.25, 0.3) is 5.91 Å². The second kappa shape index (κ2) is 6.73. The second-order valence-electron chi connectivity index (χ2n) is 4.77. The van der Waals surface area contributed by atoms with Gasteiger partial charge in [-0.05, 0) is 6.07 Å². The summed E-state index contributed by atoms with van der Waals surface area (Å²) in [5, 5.41) is 10.5. The van der Waals surface area contributed by atoms with Crippen molar-refractivity contribution in [2.45, 2.75) is 13.1 Å². The lowest BCUT2D eigenvalue weighted by atomic mass is 10.2. The molecule has 23 heavy (non-hydrogen) atoms. The summed E-state index contributed by atoms with van der Waals surface area (Å²) < 4.78 is 15.1. The van der Waals surface area contributed by atoms with E-state index in [0.29, 0.717) is 11.3 Å². The topological polar surface area (TPSA) is 85.6 Å². The van der Waals surface area contributed by atoms with Gasteiger partial charge in [0.05, 0.1) is 25.5 Å². The smallest absolute Gasteiger partial charge is 0.271 e. The summed E-state index contributed by atoms with van der Waals surface area (Å²) in [5.74, 6) is -0.637. The Morgan fingerprint density at radius 3 is 2.91 bits per heavy atom. The van der Waals surface area contributed by atoms with Crippen molar-refractivity contribution in [3.05, 3.63) is 71.8 Å². The summed E-state index contributed by atoms with van der Waals surface area (Å²) in [6.45, 7) is 0.477. The maximum atomic E-state index is 13.6. The van der Waals surface area contributed by atoms with E-state index >= 15 is 0 Å². The van der Waals surface area contributed by atoms with Crippen LogP contribution in [0.25, 0.3) is 0 Å². The Labute approximate surface area is 131 Å². The monoisotopic (exact) mass is 312 g/mol. The Morgan fingerprint density at radius 1 is 1.26 bits per heavy atom. The summed E-state index contributed by atoms with van der Waals surface area (Å²) in [7, 11) is 0. The lowest BCUT2D eigenvalue weighted by Gasteiger charge is -2.02. The molecular formula is C15H13FN6O. The van der Waals surface area contributed by atoms with Crippen LogP contribution in [0.4, 0.5) is 4.39 Å². The fraction of sp³-hybridized carbons (Fsp3) is 0.133. The summed E-state index contributed by atoms with van der Waals surface area (Å²) >= 11 is 0. The highest BCUT2D eigenvalue weighted by Gasteiger charge is 2.09. The quantitative estimate of drug-likeness (QED) is 0.765. The number of aromatic nitrogens is 5. The van der Waals surface area contributed by atoms with Crippen LogP contribution in [-0.2, 0) is 13.1 Å². The summed E-state index contributed by atoms with van der Waals surface area (Å²) in [4.78, 5) is 19.6. The SMILES string of the molecule is O=C(NCc1cn(Cc2ccccc2F)nn1)c1cnccn1. The van der Waals surface area contributed by atoms with E-state index in [2.05, 4.69) is 25.6 Å². The van der Waals surface area contributed by atoms with E-state index < -0.39 is 0 Å². The molecule has 0 bridgehead atoms. The average Bonchev–Trinajstić information content (AvgIpc) is 3.03. The average molecular weight is 312 g/mol. The zero-order valence-electron chi connectivity index (χ0n) is 12.1. The molecule has 116 valence electrons. The van der Waals surface area contributed by atoms with Crippen molar-refractivity contribution in [3.8, 4) is 0 Å². The molecule has 0 saturated carbocycles. The number of carbonyl (C=O) groups excluding carboxylic acids is 1. The van der Waals surface area contributed by atoms with Gasteiger partial charge >= 0.3 is 0 Å². The minimum absolute atomic E-state index is 0.201. The molecule has 0 aliphatic carbocycles. The van der Waals surface area contributed by atoms with Crippen molar-refractivity contribution >= 4 is 5.91 Å².